The van der Waals surface area contributed by atoms with Crippen LogP contribution in [0, 0.1) is 5.82 Å². The Labute approximate surface area is 120 Å². The third kappa shape index (κ3) is 3.74. The van der Waals surface area contributed by atoms with E-state index in [0.29, 0.717) is 5.75 Å². The Hall–Kier alpha value is -2.01. The van der Waals surface area contributed by atoms with Gasteiger partial charge in [-0.05, 0) is 24.3 Å². The van der Waals surface area contributed by atoms with E-state index < -0.39 is 11.8 Å². The van der Waals surface area contributed by atoms with Crippen LogP contribution in [0.2, 0.25) is 0 Å². The van der Waals surface area contributed by atoms with Gasteiger partial charge in [-0.3, -0.25) is 0 Å². The van der Waals surface area contributed by atoms with E-state index in [4.69, 9.17) is 9.84 Å². The largest absolute Gasteiger partial charge is 0.489 e. The van der Waals surface area contributed by atoms with Gasteiger partial charge in [0, 0.05) is 10.6 Å². The minimum atomic E-state index is -1.20. The number of carboxylic acids is 1. The number of benzene rings is 2. The number of carboxylic acid groups (broad SMARTS) is 1. The van der Waals surface area contributed by atoms with Crippen LogP contribution in [-0.2, 0) is 0 Å². The number of para-hydroxylation sites is 1. The van der Waals surface area contributed by atoms with Crippen molar-refractivity contribution in [1.29, 1.82) is 0 Å². The molecule has 0 fully saturated rings. The molecule has 0 bridgehead atoms. The van der Waals surface area contributed by atoms with Crippen LogP contribution in [0.15, 0.2) is 53.4 Å². The number of thioether (sulfide) groups is 1. The van der Waals surface area contributed by atoms with Crippen LogP contribution in [0.4, 0.5) is 4.39 Å². The molecule has 0 heterocycles. The molecule has 0 aliphatic carbocycles. The van der Waals surface area contributed by atoms with E-state index in [2.05, 4.69) is 0 Å². The second-order valence-electron chi connectivity index (χ2n) is 3.93. The normalized spacial score (nSPS) is 10.2. The topological polar surface area (TPSA) is 46.5 Å². The van der Waals surface area contributed by atoms with Gasteiger partial charge in [0.05, 0.1) is 6.61 Å². The fourth-order valence-electron chi connectivity index (χ4n) is 1.64. The van der Waals surface area contributed by atoms with Crippen molar-refractivity contribution in [3.63, 3.8) is 0 Å². The number of rotatable bonds is 6. The van der Waals surface area contributed by atoms with Gasteiger partial charge in [0.15, 0.2) is 11.6 Å². The summed E-state index contributed by atoms with van der Waals surface area (Å²) in [6.07, 6.45) is 0. The van der Waals surface area contributed by atoms with Gasteiger partial charge in [-0.25, -0.2) is 9.18 Å². The molecule has 2 aromatic rings. The van der Waals surface area contributed by atoms with Crippen molar-refractivity contribution < 1.29 is 19.0 Å². The van der Waals surface area contributed by atoms with Gasteiger partial charge in [0.2, 0.25) is 0 Å². The Bertz CT molecular complexity index is 587. The van der Waals surface area contributed by atoms with Crippen molar-refractivity contribution in [2.75, 3.05) is 12.4 Å². The Balaban J connectivity index is 1.93. The zero-order valence-electron chi connectivity index (χ0n) is 10.6. The van der Waals surface area contributed by atoms with Gasteiger partial charge in [-0.1, -0.05) is 24.3 Å². The second kappa shape index (κ2) is 6.96. The summed E-state index contributed by atoms with van der Waals surface area (Å²) in [5.41, 5.74) is -0.158. The molecule has 0 radical (unpaired) electrons. The highest BCUT2D eigenvalue weighted by Crippen LogP contribution is 2.23. The van der Waals surface area contributed by atoms with Gasteiger partial charge in [0.25, 0.3) is 0 Å². The number of halogens is 1. The highest BCUT2D eigenvalue weighted by atomic mass is 32.2. The summed E-state index contributed by atoms with van der Waals surface area (Å²) < 4.78 is 18.8. The summed E-state index contributed by atoms with van der Waals surface area (Å²) in [7, 11) is 0. The van der Waals surface area contributed by atoms with Crippen LogP contribution in [-0.4, -0.2) is 23.4 Å². The highest BCUT2D eigenvalue weighted by Gasteiger charge is 2.15. The Morgan fingerprint density at radius 1 is 1.15 bits per heavy atom. The van der Waals surface area contributed by atoms with Gasteiger partial charge in [-0.15, -0.1) is 11.8 Å². The van der Waals surface area contributed by atoms with Crippen molar-refractivity contribution in [2.24, 2.45) is 0 Å². The monoisotopic (exact) mass is 292 g/mol. The van der Waals surface area contributed by atoms with Crippen LogP contribution in [0.5, 0.6) is 5.75 Å². The molecule has 2 aromatic carbocycles. The zero-order valence-corrected chi connectivity index (χ0v) is 11.4. The van der Waals surface area contributed by atoms with Crippen molar-refractivity contribution >= 4 is 17.7 Å². The van der Waals surface area contributed by atoms with Gasteiger partial charge >= 0.3 is 5.97 Å². The number of aromatic carboxylic acids is 1. The summed E-state index contributed by atoms with van der Waals surface area (Å²) in [5, 5.41) is 8.97. The van der Waals surface area contributed by atoms with Crippen molar-refractivity contribution in [2.45, 2.75) is 4.90 Å². The molecule has 3 nitrogen and oxygen atoms in total. The summed E-state index contributed by atoms with van der Waals surface area (Å²) in [4.78, 5) is 12.1. The molecule has 104 valence electrons. The molecule has 1 N–H and O–H groups in total. The van der Waals surface area contributed by atoms with Crippen molar-refractivity contribution in [1.82, 2.24) is 0 Å². The van der Waals surface area contributed by atoms with E-state index in [9.17, 15) is 9.18 Å². The summed E-state index contributed by atoms with van der Waals surface area (Å²) in [6, 6.07) is 13.6. The van der Waals surface area contributed by atoms with E-state index in [1.54, 1.807) is 11.8 Å². The van der Waals surface area contributed by atoms with Gasteiger partial charge in [-0.2, -0.15) is 0 Å². The average molecular weight is 292 g/mol. The van der Waals surface area contributed by atoms with Gasteiger partial charge < -0.3 is 9.84 Å². The molecule has 5 heteroatoms. The molecule has 0 aliphatic rings. The first-order valence-electron chi connectivity index (χ1n) is 6.01. The lowest BCUT2D eigenvalue weighted by Crippen LogP contribution is -2.07. The molecular weight excluding hydrogens is 279 g/mol. The fourth-order valence-corrected chi connectivity index (χ4v) is 2.40. The molecule has 0 spiro atoms. The first-order chi connectivity index (χ1) is 9.68. The summed E-state index contributed by atoms with van der Waals surface area (Å²) in [6.45, 7) is 0.237. The van der Waals surface area contributed by atoms with Crippen LogP contribution >= 0.6 is 11.8 Å². The van der Waals surface area contributed by atoms with E-state index in [-0.39, 0.29) is 17.9 Å². The first kappa shape index (κ1) is 14.4. The lowest BCUT2D eigenvalue weighted by Gasteiger charge is -2.09. The smallest absolute Gasteiger partial charge is 0.339 e. The lowest BCUT2D eigenvalue weighted by molar-refractivity contribution is 0.0691. The highest BCUT2D eigenvalue weighted by molar-refractivity contribution is 7.99. The standard InChI is InChI=1S/C15H13FO3S/c16-13-8-4-7-12(15(17)18)14(13)19-9-10-20-11-5-2-1-3-6-11/h1-8H,9-10H2,(H,17,18). The molecule has 0 aliphatic heterocycles. The summed E-state index contributed by atoms with van der Waals surface area (Å²) in [5.74, 6) is -1.45. The third-order valence-electron chi connectivity index (χ3n) is 2.54. The van der Waals surface area contributed by atoms with Crippen LogP contribution in [0.3, 0.4) is 0 Å². The van der Waals surface area contributed by atoms with Crippen LogP contribution in [0.25, 0.3) is 0 Å². The first-order valence-corrected chi connectivity index (χ1v) is 6.99. The van der Waals surface area contributed by atoms with Crippen LogP contribution in [0.1, 0.15) is 10.4 Å². The lowest BCUT2D eigenvalue weighted by atomic mass is 10.2. The Morgan fingerprint density at radius 3 is 2.60 bits per heavy atom. The zero-order chi connectivity index (χ0) is 14.4. The molecule has 0 saturated heterocycles. The number of hydrogen-bond donors (Lipinski definition) is 1. The molecule has 0 saturated carbocycles. The minimum absolute atomic E-state index is 0.158. The quantitative estimate of drug-likeness (QED) is 0.651. The maximum atomic E-state index is 13.6. The fraction of sp³-hybridized carbons (Fsp3) is 0.133. The molecular formula is C15H13FO3S. The molecule has 0 amide bonds. The minimum Gasteiger partial charge on any atom is -0.489 e. The van der Waals surface area contributed by atoms with Crippen molar-refractivity contribution in [3.8, 4) is 5.75 Å². The number of hydrogen-bond acceptors (Lipinski definition) is 3. The maximum Gasteiger partial charge on any atom is 0.339 e. The van der Waals surface area contributed by atoms with E-state index in [1.165, 1.54) is 18.2 Å². The molecule has 2 rings (SSSR count). The average Bonchev–Trinajstić information content (AvgIpc) is 2.45. The van der Waals surface area contributed by atoms with E-state index in [1.807, 2.05) is 30.3 Å². The molecule has 20 heavy (non-hydrogen) atoms. The molecule has 0 atom stereocenters. The van der Waals surface area contributed by atoms with Crippen LogP contribution < -0.4 is 4.74 Å². The molecule has 0 aromatic heterocycles. The van der Waals surface area contributed by atoms with Crippen molar-refractivity contribution in [3.05, 3.63) is 59.9 Å². The van der Waals surface area contributed by atoms with E-state index in [0.717, 1.165) is 4.90 Å². The number of carbonyl (C=O) groups is 1. The third-order valence-corrected chi connectivity index (χ3v) is 3.52. The van der Waals surface area contributed by atoms with Gasteiger partial charge in [0.1, 0.15) is 5.56 Å². The Kier molecular flexibility index (Phi) is 5.01. The predicted molar refractivity (Wildman–Crippen MR) is 76.0 cm³/mol. The number of ether oxygens (including phenoxy) is 1. The summed E-state index contributed by atoms with van der Waals surface area (Å²) >= 11 is 1.56. The van der Waals surface area contributed by atoms with E-state index >= 15 is 0 Å². The second-order valence-corrected chi connectivity index (χ2v) is 5.10. The SMILES string of the molecule is O=C(O)c1cccc(F)c1OCCSc1ccccc1. The molecule has 0 unspecified atom stereocenters. The predicted octanol–water partition coefficient (Wildman–Crippen LogP) is 3.70. The Morgan fingerprint density at radius 2 is 1.90 bits per heavy atom. The maximum absolute atomic E-state index is 13.6.